The topological polar surface area (TPSA) is 102 Å². The third-order valence-corrected chi connectivity index (χ3v) is 10.5. The fourth-order valence-corrected chi connectivity index (χ4v) is 8.16. The van der Waals surface area contributed by atoms with E-state index >= 15 is 0 Å². The average molecular weight is 570 g/mol. The summed E-state index contributed by atoms with van der Waals surface area (Å²) in [7, 11) is 1.64. The largest absolute Gasteiger partial charge is 0.486 e. The van der Waals surface area contributed by atoms with Crippen molar-refractivity contribution in [3.05, 3.63) is 24.2 Å². The van der Waals surface area contributed by atoms with E-state index in [1.165, 1.54) is 37.4 Å². The summed E-state index contributed by atoms with van der Waals surface area (Å²) in [6.45, 7) is 5.11. The average Bonchev–Trinajstić information content (AvgIpc) is 3.56. The molecule has 1 aliphatic carbocycles. The monoisotopic (exact) mass is 569 g/mol. The summed E-state index contributed by atoms with van der Waals surface area (Å²) >= 11 is 1.51. The summed E-state index contributed by atoms with van der Waals surface area (Å²) in [6, 6.07) is 2.27. The van der Waals surface area contributed by atoms with Gasteiger partial charge < -0.3 is 33.9 Å². The molecule has 4 fully saturated rings. The number of ether oxygens (including phenoxy) is 4. The van der Waals surface area contributed by atoms with Crippen molar-refractivity contribution in [1.29, 1.82) is 0 Å². The Kier molecular flexibility index (Phi) is 7.28. The molecule has 2 spiro atoms. The van der Waals surface area contributed by atoms with Gasteiger partial charge in [-0.3, -0.25) is 0 Å². The van der Waals surface area contributed by atoms with Crippen LogP contribution in [0.2, 0.25) is 0 Å². The number of anilines is 2. The molecule has 1 N–H and O–H groups in total. The lowest BCUT2D eigenvalue weighted by atomic mass is 9.68. The highest BCUT2D eigenvalue weighted by Crippen LogP contribution is 2.54. The normalized spacial score (nSPS) is 26.1. The third kappa shape index (κ3) is 4.93. The molecule has 4 aliphatic heterocycles. The van der Waals surface area contributed by atoms with E-state index in [4.69, 9.17) is 28.9 Å². The summed E-state index contributed by atoms with van der Waals surface area (Å²) in [4.78, 5) is 19.9. The number of nitrogens with zero attached hydrogens (tertiary/aromatic N) is 5. The molecule has 6 heterocycles. The van der Waals surface area contributed by atoms with Crippen LogP contribution < -0.4 is 14.5 Å². The molecule has 11 heteroatoms. The Hall–Kier alpha value is -2.18. The predicted molar refractivity (Wildman–Crippen MR) is 150 cm³/mol. The molecule has 0 bridgehead atoms. The van der Waals surface area contributed by atoms with Gasteiger partial charge in [0.25, 0.3) is 0 Å². The first-order valence-corrected chi connectivity index (χ1v) is 15.4. The van der Waals surface area contributed by atoms with Gasteiger partial charge in [0, 0.05) is 38.9 Å². The van der Waals surface area contributed by atoms with E-state index in [0.717, 1.165) is 72.8 Å². The summed E-state index contributed by atoms with van der Waals surface area (Å²) in [6.07, 6.45) is 11.9. The van der Waals surface area contributed by atoms with Gasteiger partial charge in [0.15, 0.2) is 17.4 Å². The van der Waals surface area contributed by atoms with E-state index in [2.05, 4.69) is 14.8 Å². The van der Waals surface area contributed by atoms with E-state index in [1.807, 2.05) is 18.5 Å². The van der Waals surface area contributed by atoms with Crippen LogP contribution in [0.5, 0.6) is 5.75 Å². The van der Waals surface area contributed by atoms with Gasteiger partial charge in [0.2, 0.25) is 0 Å². The molecule has 10 nitrogen and oxygen atoms in total. The van der Waals surface area contributed by atoms with Gasteiger partial charge >= 0.3 is 0 Å². The molecular formula is C29H39N5O5S. The molecule has 2 aromatic rings. The number of methoxy groups -OCH3 is 1. The third-order valence-electron chi connectivity index (χ3n) is 9.53. The number of hydrogen-bond donors (Lipinski definition) is 1. The first-order valence-electron chi connectivity index (χ1n) is 14.6. The fourth-order valence-electron chi connectivity index (χ4n) is 7.30. The highest BCUT2D eigenvalue weighted by Gasteiger charge is 2.53. The van der Waals surface area contributed by atoms with Crippen molar-refractivity contribution in [2.45, 2.75) is 73.1 Å². The Balaban J connectivity index is 1.03. The maximum Gasteiger partial charge on any atom is 0.175 e. The minimum Gasteiger partial charge on any atom is -0.486 e. The van der Waals surface area contributed by atoms with Gasteiger partial charge in [-0.25, -0.2) is 15.0 Å². The van der Waals surface area contributed by atoms with Crippen LogP contribution in [0.25, 0.3) is 0 Å². The summed E-state index contributed by atoms with van der Waals surface area (Å²) in [5, 5.41) is 11.0. The molecule has 7 rings (SSSR count). The van der Waals surface area contributed by atoms with Crippen LogP contribution in [0, 0.1) is 11.3 Å². The number of fused-ring (bicyclic) bond motifs is 3. The van der Waals surface area contributed by atoms with Crippen molar-refractivity contribution in [3.63, 3.8) is 0 Å². The van der Waals surface area contributed by atoms with Crippen LogP contribution in [0.4, 0.5) is 11.6 Å². The lowest BCUT2D eigenvalue weighted by Gasteiger charge is -2.42. The van der Waals surface area contributed by atoms with Crippen molar-refractivity contribution < 1.29 is 24.1 Å². The van der Waals surface area contributed by atoms with E-state index in [-0.39, 0.29) is 12.2 Å². The minimum atomic E-state index is -0.141. The second-order valence-electron chi connectivity index (χ2n) is 12.2. The smallest absolute Gasteiger partial charge is 0.175 e. The van der Waals surface area contributed by atoms with Gasteiger partial charge in [0.05, 0.1) is 42.6 Å². The van der Waals surface area contributed by atoms with E-state index < -0.39 is 0 Å². The molecule has 2 aromatic heterocycles. The number of aliphatic hydroxyl groups is 1. The number of pyridine rings is 1. The predicted octanol–water partition coefficient (Wildman–Crippen LogP) is 3.65. The number of aromatic nitrogens is 3. The second-order valence-corrected chi connectivity index (χ2v) is 13.2. The van der Waals surface area contributed by atoms with Crippen LogP contribution in [-0.4, -0.2) is 85.1 Å². The SMILES string of the molecule is COCOCC1CC2COc3c(Sc4cnc(N5CCC6(CC5)COC5(CCC5)C6)c(CO)n4)ccnc3N2C1. The zero-order valence-corrected chi connectivity index (χ0v) is 24.0. The minimum absolute atomic E-state index is 0.141. The zero-order valence-electron chi connectivity index (χ0n) is 23.2. The second kappa shape index (κ2) is 10.9. The number of hydrogen-bond acceptors (Lipinski definition) is 11. The molecule has 2 atom stereocenters. The molecule has 1 saturated carbocycles. The van der Waals surface area contributed by atoms with Crippen molar-refractivity contribution in [1.82, 2.24) is 15.0 Å². The van der Waals surface area contributed by atoms with Crippen molar-refractivity contribution in [2.24, 2.45) is 11.3 Å². The Morgan fingerprint density at radius 1 is 1.18 bits per heavy atom. The zero-order chi connectivity index (χ0) is 27.2. The molecule has 0 radical (unpaired) electrons. The van der Waals surface area contributed by atoms with Gasteiger partial charge in [-0.15, -0.1) is 0 Å². The fraction of sp³-hybridized carbons (Fsp3) is 0.690. The first-order chi connectivity index (χ1) is 19.6. The molecule has 0 amide bonds. The van der Waals surface area contributed by atoms with Crippen LogP contribution in [-0.2, 0) is 20.8 Å². The van der Waals surface area contributed by atoms with Crippen LogP contribution in [0.15, 0.2) is 28.4 Å². The van der Waals surface area contributed by atoms with Crippen molar-refractivity contribution in [3.8, 4) is 5.75 Å². The Labute approximate surface area is 239 Å². The highest BCUT2D eigenvalue weighted by molar-refractivity contribution is 7.99. The number of rotatable bonds is 8. The van der Waals surface area contributed by atoms with Crippen molar-refractivity contribution >= 4 is 23.4 Å². The quantitative estimate of drug-likeness (QED) is 0.372. The molecule has 40 heavy (non-hydrogen) atoms. The Morgan fingerprint density at radius 2 is 2.05 bits per heavy atom. The van der Waals surface area contributed by atoms with Gasteiger partial charge in [-0.1, -0.05) is 11.8 Å². The Bertz CT molecular complexity index is 1220. The Morgan fingerprint density at radius 3 is 2.80 bits per heavy atom. The number of piperidine rings is 1. The van der Waals surface area contributed by atoms with E-state index in [9.17, 15) is 5.11 Å². The van der Waals surface area contributed by atoms with Gasteiger partial charge in [-0.2, -0.15) is 0 Å². The van der Waals surface area contributed by atoms with Crippen LogP contribution in [0.1, 0.15) is 50.6 Å². The van der Waals surface area contributed by atoms with E-state index in [1.54, 1.807) is 7.11 Å². The summed E-state index contributed by atoms with van der Waals surface area (Å²) in [5.41, 5.74) is 1.12. The first kappa shape index (κ1) is 26.7. The standard InChI is InChI=1S/C29H39N5O5S/c1-36-19-37-15-20-11-21-16-38-25-23(3-8-30-27(25)34(21)13-20)40-24-12-31-26(22(14-35)32-24)33-9-6-28(7-10-33)17-29(39-18-28)4-2-5-29/h3,8,12,20-21,35H,2,4-7,9-11,13-19H2,1H3. The highest BCUT2D eigenvalue weighted by atomic mass is 32.2. The van der Waals surface area contributed by atoms with Gasteiger partial charge in [0.1, 0.15) is 24.1 Å². The number of aliphatic hydroxyl groups excluding tert-OH is 1. The summed E-state index contributed by atoms with van der Waals surface area (Å²) in [5.74, 6) is 2.89. The molecule has 3 saturated heterocycles. The lowest BCUT2D eigenvalue weighted by molar-refractivity contribution is -0.0571. The van der Waals surface area contributed by atoms with Crippen molar-refractivity contribution in [2.75, 3.05) is 63.2 Å². The molecular weight excluding hydrogens is 530 g/mol. The molecule has 2 unspecified atom stereocenters. The molecule has 0 aromatic carbocycles. The molecule has 216 valence electrons. The lowest BCUT2D eigenvalue weighted by Crippen LogP contribution is -2.43. The van der Waals surface area contributed by atoms with Crippen LogP contribution in [0.3, 0.4) is 0 Å². The van der Waals surface area contributed by atoms with Crippen LogP contribution >= 0.6 is 11.8 Å². The summed E-state index contributed by atoms with van der Waals surface area (Å²) < 4.78 is 23.2. The maximum atomic E-state index is 10.2. The maximum absolute atomic E-state index is 10.2. The molecule has 5 aliphatic rings. The van der Waals surface area contributed by atoms with E-state index in [0.29, 0.717) is 43.1 Å². The van der Waals surface area contributed by atoms with Gasteiger partial charge in [-0.05, 0) is 56.4 Å².